The number of aromatic nitrogens is 2. The molecule has 1 aliphatic heterocycles. The zero-order chi connectivity index (χ0) is 36.7. The molecule has 10 nitrogen and oxygen atoms in total. The molecule has 2 atom stereocenters. The van der Waals surface area contributed by atoms with E-state index >= 15 is 0 Å². The molecule has 0 aliphatic carbocycles. The Hall–Kier alpha value is -5.64. The van der Waals surface area contributed by atoms with Crippen LogP contribution in [-0.4, -0.2) is 46.2 Å². The van der Waals surface area contributed by atoms with Crippen LogP contribution in [0.3, 0.4) is 0 Å². The molecule has 0 radical (unpaired) electrons. The van der Waals surface area contributed by atoms with Crippen molar-refractivity contribution in [1.82, 2.24) is 15.3 Å². The number of nitrogens with one attached hydrogen (secondary N) is 2. The van der Waals surface area contributed by atoms with Crippen LogP contribution in [0.25, 0.3) is 10.8 Å². The van der Waals surface area contributed by atoms with E-state index in [4.69, 9.17) is 18.9 Å². The molecule has 1 amide bonds. The molecule has 2 N–H and O–H groups in total. The number of H-pyrrole nitrogens is 1. The maximum absolute atomic E-state index is 14.6. The van der Waals surface area contributed by atoms with Crippen molar-refractivity contribution >= 4 is 28.6 Å². The van der Waals surface area contributed by atoms with Gasteiger partial charge in [-0.1, -0.05) is 92.2 Å². The van der Waals surface area contributed by atoms with Crippen molar-refractivity contribution in [3.8, 4) is 11.5 Å². The Morgan fingerprint density at radius 3 is 2.44 bits per heavy atom. The largest absolute Gasteiger partial charge is 0.459 e. The monoisotopic (exact) mass is 703 g/mol. The van der Waals surface area contributed by atoms with Crippen LogP contribution in [0.1, 0.15) is 85.2 Å². The van der Waals surface area contributed by atoms with E-state index in [1.54, 1.807) is 39.0 Å². The highest BCUT2D eigenvalue weighted by Crippen LogP contribution is 2.36. The molecule has 10 heteroatoms. The zero-order valence-electron chi connectivity index (χ0n) is 30.1. The topological polar surface area (TPSA) is 129 Å². The number of imidazole rings is 1. The number of esters is 2. The summed E-state index contributed by atoms with van der Waals surface area (Å²) < 4.78 is 22.8. The molecule has 4 aromatic carbocycles. The quantitative estimate of drug-likeness (QED) is 0.115. The van der Waals surface area contributed by atoms with Crippen LogP contribution in [0.4, 0.5) is 0 Å². The molecule has 6 rings (SSSR count). The maximum Gasteiger partial charge on any atom is 0.359 e. The summed E-state index contributed by atoms with van der Waals surface area (Å²) in [4.78, 5) is 50.0. The van der Waals surface area contributed by atoms with E-state index in [1.165, 1.54) is 0 Å². The highest BCUT2D eigenvalue weighted by Gasteiger charge is 2.33. The van der Waals surface area contributed by atoms with Gasteiger partial charge in [0.15, 0.2) is 17.2 Å². The summed E-state index contributed by atoms with van der Waals surface area (Å²) in [5.74, 6) is -0.727. The van der Waals surface area contributed by atoms with Crippen LogP contribution < -0.4 is 14.8 Å². The summed E-state index contributed by atoms with van der Waals surface area (Å²) in [5.41, 5.74) is 2.19. The lowest BCUT2D eigenvalue weighted by molar-refractivity contribution is -0.149. The van der Waals surface area contributed by atoms with E-state index in [0.717, 1.165) is 34.7 Å². The van der Waals surface area contributed by atoms with Gasteiger partial charge in [0.2, 0.25) is 12.7 Å². The molecular weight excluding hydrogens is 658 g/mol. The third-order valence-electron chi connectivity index (χ3n) is 8.84. The SMILES string of the molecule is CCCCc1nc(C(=O)OC(C)(C)C)c(CC(C(=O)N[C@@H](Cc2cccc3ccccc23)C(=O)OCc2ccccc2)c2ccc3c(c2)OCO3)[nH]1. The number of benzene rings is 4. The van der Waals surface area contributed by atoms with E-state index in [0.29, 0.717) is 35.0 Å². The van der Waals surface area contributed by atoms with Crippen LogP contribution in [-0.2, 0) is 44.9 Å². The van der Waals surface area contributed by atoms with Crippen molar-refractivity contribution < 1.29 is 33.3 Å². The van der Waals surface area contributed by atoms with Gasteiger partial charge < -0.3 is 29.2 Å². The second-order valence-corrected chi connectivity index (χ2v) is 14.0. The first-order valence-electron chi connectivity index (χ1n) is 17.8. The van der Waals surface area contributed by atoms with Crippen molar-refractivity contribution in [3.63, 3.8) is 0 Å². The van der Waals surface area contributed by atoms with Gasteiger partial charge in [-0.05, 0) is 66.8 Å². The number of nitrogens with zero attached hydrogens (tertiary/aromatic N) is 1. The number of rotatable bonds is 14. The molecule has 1 aromatic heterocycles. The standard InChI is InChI=1S/C42H45N3O7/c1-5-6-19-37-43-33(38(45-37)41(48)52-42(2,3)4)24-32(30-20-21-35-36(23-30)51-26-50-35)39(46)44-34(40(47)49-25-27-13-8-7-9-14-27)22-29-17-12-16-28-15-10-11-18-31(28)29/h7-18,20-21,23,32,34H,5-6,19,22,24-26H2,1-4H3,(H,43,45)(H,44,46)/t32?,34-/m0/s1. The van der Waals surface area contributed by atoms with Gasteiger partial charge in [-0.2, -0.15) is 0 Å². The molecule has 5 aromatic rings. The fraction of sp³-hybridized carbons (Fsp3) is 0.333. The minimum Gasteiger partial charge on any atom is -0.459 e. The van der Waals surface area contributed by atoms with Crippen molar-refractivity contribution in [2.75, 3.05) is 6.79 Å². The Morgan fingerprint density at radius 2 is 1.65 bits per heavy atom. The number of fused-ring (bicyclic) bond motifs is 2. The van der Waals surface area contributed by atoms with Gasteiger partial charge >= 0.3 is 11.9 Å². The zero-order valence-corrected chi connectivity index (χ0v) is 30.1. The lowest BCUT2D eigenvalue weighted by Crippen LogP contribution is -2.45. The van der Waals surface area contributed by atoms with Gasteiger partial charge in [0, 0.05) is 19.3 Å². The Kier molecular flexibility index (Phi) is 11.2. The highest BCUT2D eigenvalue weighted by atomic mass is 16.7. The third kappa shape index (κ3) is 8.98. The van der Waals surface area contributed by atoms with Crippen LogP contribution in [0.5, 0.6) is 11.5 Å². The number of aryl methyl sites for hydroxylation is 1. The molecular formula is C42H45N3O7. The molecule has 0 bridgehead atoms. The molecule has 270 valence electrons. The van der Waals surface area contributed by atoms with Crippen LogP contribution in [0.2, 0.25) is 0 Å². The van der Waals surface area contributed by atoms with Gasteiger partial charge in [0.05, 0.1) is 11.6 Å². The van der Waals surface area contributed by atoms with E-state index < -0.39 is 35.4 Å². The van der Waals surface area contributed by atoms with Crippen molar-refractivity contribution in [3.05, 3.63) is 125 Å². The first-order valence-corrected chi connectivity index (χ1v) is 17.8. The first-order chi connectivity index (χ1) is 25.1. The van der Waals surface area contributed by atoms with E-state index in [1.807, 2.05) is 72.8 Å². The van der Waals surface area contributed by atoms with Crippen molar-refractivity contribution in [2.24, 2.45) is 0 Å². The summed E-state index contributed by atoms with van der Waals surface area (Å²) in [7, 11) is 0. The number of hydrogen-bond donors (Lipinski definition) is 2. The minimum atomic E-state index is -1.02. The van der Waals surface area contributed by atoms with Gasteiger partial charge in [0.25, 0.3) is 0 Å². The number of amides is 1. The van der Waals surface area contributed by atoms with Crippen LogP contribution in [0, 0.1) is 0 Å². The lowest BCUT2D eigenvalue weighted by atomic mass is 9.91. The number of aromatic amines is 1. The Labute approximate surface area is 303 Å². The summed E-state index contributed by atoms with van der Waals surface area (Å²) in [6, 6.07) is 27.5. The summed E-state index contributed by atoms with van der Waals surface area (Å²) in [5, 5.41) is 5.05. The molecule has 0 saturated carbocycles. The predicted octanol–water partition coefficient (Wildman–Crippen LogP) is 7.39. The Balaban J connectivity index is 1.35. The number of ether oxygens (including phenoxy) is 4. The van der Waals surface area contributed by atoms with Crippen molar-refractivity contribution in [2.45, 2.75) is 84.0 Å². The fourth-order valence-electron chi connectivity index (χ4n) is 6.25. The Morgan fingerprint density at radius 1 is 0.904 bits per heavy atom. The number of carbonyl (C=O) groups excluding carboxylic acids is 3. The molecule has 0 fully saturated rings. The Bertz CT molecular complexity index is 2030. The van der Waals surface area contributed by atoms with Crippen LogP contribution in [0.15, 0.2) is 91.0 Å². The molecule has 0 spiro atoms. The number of hydrogen-bond acceptors (Lipinski definition) is 8. The molecule has 2 heterocycles. The van der Waals surface area contributed by atoms with E-state index in [9.17, 15) is 14.4 Å². The summed E-state index contributed by atoms with van der Waals surface area (Å²) in [6.07, 6.45) is 2.71. The maximum atomic E-state index is 14.6. The van der Waals surface area contributed by atoms with Crippen molar-refractivity contribution in [1.29, 1.82) is 0 Å². The number of unbranched alkanes of at least 4 members (excludes halogenated alkanes) is 1. The van der Waals surface area contributed by atoms with Gasteiger partial charge in [-0.15, -0.1) is 0 Å². The number of carbonyl (C=O) groups is 3. The van der Waals surface area contributed by atoms with Crippen LogP contribution >= 0.6 is 0 Å². The smallest absolute Gasteiger partial charge is 0.359 e. The normalized spacial score (nSPS) is 13.4. The average Bonchev–Trinajstić information content (AvgIpc) is 3.78. The van der Waals surface area contributed by atoms with E-state index in [2.05, 4.69) is 22.2 Å². The average molecular weight is 704 g/mol. The first kappa shape index (κ1) is 36.2. The second kappa shape index (κ2) is 16.1. The lowest BCUT2D eigenvalue weighted by Gasteiger charge is -2.23. The third-order valence-corrected chi connectivity index (χ3v) is 8.84. The molecule has 1 unspecified atom stereocenters. The van der Waals surface area contributed by atoms with Gasteiger partial charge in [-0.25, -0.2) is 14.6 Å². The second-order valence-electron chi connectivity index (χ2n) is 14.0. The minimum absolute atomic E-state index is 0.0566. The van der Waals surface area contributed by atoms with Gasteiger partial charge in [-0.3, -0.25) is 4.79 Å². The molecule has 52 heavy (non-hydrogen) atoms. The van der Waals surface area contributed by atoms with E-state index in [-0.39, 0.29) is 31.9 Å². The predicted molar refractivity (Wildman–Crippen MR) is 197 cm³/mol. The molecule has 1 aliphatic rings. The summed E-state index contributed by atoms with van der Waals surface area (Å²) in [6.45, 7) is 7.60. The highest BCUT2D eigenvalue weighted by molar-refractivity contribution is 5.92. The molecule has 0 saturated heterocycles. The fourth-order valence-corrected chi connectivity index (χ4v) is 6.25. The summed E-state index contributed by atoms with van der Waals surface area (Å²) >= 11 is 0. The van der Waals surface area contributed by atoms with Gasteiger partial charge in [0.1, 0.15) is 24.1 Å².